The number of hydrogen-bond acceptors (Lipinski definition) is 2. The highest BCUT2D eigenvalue weighted by Crippen LogP contribution is 2.27. The van der Waals surface area contributed by atoms with Crippen molar-refractivity contribution in [2.24, 2.45) is 11.7 Å². The number of halogens is 1. The van der Waals surface area contributed by atoms with Gasteiger partial charge in [0.25, 0.3) is 0 Å². The molecule has 1 aromatic carbocycles. The fraction of sp³-hybridized carbons (Fsp3) is 0.462. The molecular formula is C13H17FN2O. The van der Waals surface area contributed by atoms with E-state index in [0.29, 0.717) is 5.69 Å². The molecular weight excluding hydrogens is 219 g/mol. The SMILES string of the molecule is CN(C(=O)C1CCC(N)C1)c1cccc(F)c1. The highest BCUT2D eigenvalue weighted by Gasteiger charge is 2.30. The molecule has 0 aliphatic heterocycles. The van der Waals surface area contributed by atoms with Crippen molar-refractivity contribution in [3.63, 3.8) is 0 Å². The average Bonchev–Trinajstić information content (AvgIpc) is 2.74. The van der Waals surface area contributed by atoms with Crippen LogP contribution in [-0.4, -0.2) is 19.0 Å². The van der Waals surface area contributed by atoms with E-state index in [4.69, 9.17) is 5.73 Å². The lowest BCUT2D eigenvalue weighted by molar-refractivity contribution is -0.121. The maximum atomic E-state index is 13.1. The van der Waals surface area contributed by atoms with Crippen LogP contribution in [-0.2, 0) is 4.79 Å². The predicted octanol–water partition coefficient (Wildman–Crippen LogP) is 1.92. The summed E-state index contributed by atoms with van der Waals surface area (Å²) in [5, 5.41) is 0. The van der Waals surface area contributed by atoms with Gasteiger partial charge in [0.1, 0.15) is 5.82 Å². The average molecular weight is 236 g/mol. The van der Waals surface area contributed by atoms with Crippen molar-refractivity contribution in [3.05, 3.63) is 30.1 Å². The Morgan fingerprint density at radius 3 is 2.82 bits per heavy atom. The van der Waals surface area contributed by atoms with E-state index >= 15 is 0 Å². The van der Waals surface area contributed by atoms with Gasteiger partial charge in [0, 0.05) is 24.7 Å². The Morgan fingerprint density at radius 2 is 2.24 bits per heavy atom. The summed E-state index contributed by atoms with van der Waals surface area (Å²) in [4.78, 5) is 13.7. The number of nitrogens with zero attached hydrogens (tertiary/aromatic N) is 1. The number of carbonyl (C=O) groups is 1. The van der Waals surface area contributed by atoms with Gasteiger partial charge in [-0.25, -0.2) is 4.39 Å². The molecule has 2 unspecified atom stereocenters. The van der Waals surface area contributed by atoms with Gasteiger partial charge in [-0.05, 0) is 37.5 Å². The Kier molecular flexibility index (Phi) is 3.43. The van der Waals surface area contributed by atoms with Crippen LogP contribution in [0.5, 0.6) is 0 Å². The largest absolute Gasteiger partial charge is 0.328 e. The molecule has 2 N–H and O–H groups in total. The number of anilines is 1. The van der Waals surface area contributed by atoms with Crippen LogP contribution in [0.25, 0.3) is 0 Å². The fourth-order valence-electron chi connectivity index (χ4n) is 2.33. The van der Waals surface area contributed by atoms with E-state index in [1.54, 1.807) is 19.2 Å². The number of benzene rings is 1. The van der Waals surface area contributed by atoms with Crippen LogP contribution < -0.4 is 10.6 Å². The minimum atomic E-state index is -0.328. The second-order valence-corrected chi connectivity index (χ2v) is 4.65. The lowest BCUT2D eigenvalue weighted by Gasteiger charge is -2.21. The molecule has 1 aliphatic carbocycles. The molecule has 1 aromatic rings. The van der Waals surface area contributed by atoms with Crippen molar-refractivity contribution in [3.8, 4) is 0 Å². The number of amides is 1. The maximum Gasteiger partial charge on any atom is 0.229 e. The predicted molar refractivity (Wildman–Crippen MR) is 65.1 cm³/mol. The third-order valence-corrected chi connectivity index (χ3v) is 3.35. The topological polar surface area (TPSA) is 46.3 Å². The van der Waals surface area contributed by atoms with Gasteiger partial charge < -0.3 is 10.6 Å². The van der Waals surface area contributed by atoms with Crippen molar-refractivity contribution < 1.29 is 9.18 Å². The van der Waals surface area contributed by atoms with Gasteiger partial charge in [-0.1, -0.05) is 6.07 Å². The van der Waals surface area contributed by atoms with E-state index in [0.717, 1.165) is 19.3 Å². The Morgan fingerprint density at radius 1 is 1.47 bits per heavy atom. The standard InChI is InChI=1S/C13H17FN2O/c1-16(12-4-2-3-10(14)8-12)13(17)9-5-6-11(15)7-9/h2-4,8-9,11H,5-7,15H2,1H3. The first-order valence-corrected chi connectivity index (χ1v) is 5.86. The summed E-state index contributed by atoms with van der Waals surface area (Å²) in [6, 6.07) is 6.20. The molecule has 0 spiro atoms. The smallest absolute Gasteiger partial charge is 0.229 e. The summed E-state index contributed by atoms with van der Waals surface area (Å²) in [6.07, 6.45) is 2.46. The van der Waals surface area contributed by atoms with E-state index in [1.165, 1.54) is 17.0 Å². The molecule has 92 valence electrons. The van der Waals surface area contributed by atoms with Gasteiger partial charge in [0.05, 0.1) is 0 Å². The van der Waals surface area contributed by atoms with Gasteiger partial charge in [0.2, 0.25) is 5.91 Å². The Labute approximate surface area is 100 Å². The fourth-order valence-corrected chi connectivity index (χ4v) is 2.33. The zero-order valence-corrected chi connectivity index (χ0v) is 9.90. The van der Waals surface area contributed by atoms with E-state index in [9.17, 15) is 9.18 Å². The van der Waals surface area contributed by atoms with E-state index in [1.807, 2.05) is 0 Å². The molecule has 17 heavy (non-hydrogen) atoms. The molecule has 1 saturated carbocycles. The van der Waals surface area contributed by atoms with Crippen LogP contribution in [0.4, 0.5) is 10.1 Å². The van der Waals surface area contributed by atoms with Crippen molar-refractivity contribution in [2.75, 3.05) is 11.9 Å². The molecule has 0 saturated heterocycles. The normalized spacial score (nSPS) is 23.7. The number of rotatable bonds is 2. The number of carbonyl (C=O) groups excluding carboxylic acids is 1. The lowest BCUT2D eigenvalue weighted by atomic mass is 10.1. The van der Waals surface area contributed by atoms with E-state index in [2.05, 4.69) is 0 Å². The van der Waals surface area contributed by atoms with Crippen molar-refractivity contribution in [1.82, 2.24) is 0 Å². The van der Waals surface area contributed by atoms with Crippen molar-refractivity contribution in [2.45, 2.75) is 25.3 Å². The summed E-state index contributed by atoms with van der Waals surface area (Å²) in [5.41, 5.74) is 6.39. The molecule has 0 radical (unpaired) electrons. The first kappa shape index (κ1) is 12.0. The molecule has 4 heteroatoms. The quantitative estimate of drug-likeness (QED) is 0.852. The molecule has 1 amide bonds. The number of nitrogens with two attached hydrogens (primary N) is 1. The monoisotopic (exact) mass is 236 g/mol. The molecule has 3 nitrogen and oxygen atoms in total. The second kappa shape index (κ2) is 4.84. The van der Waals surface area contributed by atoms with Gasteiger partial charge in [-0.3, -0.25) is 4.79 Å². The van der Waals surface area contributed by atoms with Gasteiger partial charge in [-0.15, -0.1) is 0 Å². The highest BCUT2D eigenvalue weighted by atomic mass is 19.1. The Balaban J connectivity index is 2.09. The van der Waals surface area contributed by atoms with Crippen LogP contribution in [0.2, 0.25) is 0 Å². The lowest BCUT2D eigenvalue weighted by Crippen LogP contribution is -2.32. The van der Waals surface area contributed by atoms with Gasteiger partial charge in [0.15, 0.2) is 0 Å². The molecule has 1 fully saturated rings. The van der Waals surface area contributed by atoms with Crippen LogP contribution in [0.3, 0.4) is 0 Å². The highest BCUT2D eigenvalue weighted by molar-refractivity contribution is 5.94. The second-order valence-electron chi connectivity index (χ2n) is 4.65. The summed E-state index contributed by atoms with van der Waals surface area (Å²) < 4.78 is 13.1. The van der Waals surface area contributed by atoms with Gasteiger partial charge in [-0.2, -0.15) is 0 Å². The van der Waals surface area contributed by atoms with Crippen LogP contribution in [0, 0.1) is 11.7 Å². The van der Waals surface area contributed by atoms with Crippen LogP contribution in [0.1, 0.15) is 19.3 Å². The first-order chi connectivity index (χ1) is 8.08. The Hall–Kier alpha value is -1.42. The minimum absolute atomic E-state index is 0.0155. The minimum Gasteiger partial charge on any atom is -0.328 e. The molecule has 0 heterocycles. The summed E-state index contributed by atoms with van der Waals surface area (Å²) >= 11 is 0. The molecule has 1 aliphatic rings. The molecule has 2 atom stereocenters. The third-order valence-electron chi connectivity index (χ3n) is 3.35. The summed E-state index contributed by atoms with van der Waals surface area (Å²) in [5.74, 6) is -0.313. The zero-order chi connectivity index (χ0) is 12.4. The Bertz CT molecular complexity index is 422. The third kappa shape index (κ3) is 2.64. The number of hydrogen-bond donors (Lipinski definition) is 1. The zero-order valence-electron chi connectivity index (χ0n) is 9.90. The maximum absolute atomic E-state index is 13.1. The van der Waals surface area contributed by atoms with Crippen molar-refractivity contribution in [1.29, 1.82) is 0 Å². The first-order valence-electron chi connectivity index (χ1n) is 5.86. The van der Waals surface area contributed by atoms with E-state index < -0.39 is 0 Å². The molecule has 0 aromatic heterocycles. The molecule has 2 rings (SSSR count). The van der Waals surface area contributed by atoms with Crippen molar-refractivity contribution >= 4 is 11.6 Å². The summed E-state index contributed by atoms with van der Waals surface area (Å²) in [6.45, 7) is 0. The van der Waals surface area contributed by atoms with Crippen LogP contribution >= 0.6 is 0 Å². The summed E-state index contributed by atoms with van der Waals surface area (Å²) in [7, 11) is 1.68. The van der Waals surface area contributed by atoms with E-state index in [-0.39, 0.29) is 23.7 Å². The van der Waals surface area contributed by atoms with Gasteiger partial charge >= 0.3 is 0 Å². The van der Waals surface area contributed by atoms with Crippen LogP contribution in [0.15, 0.2) is 24.3 Å². The molecule has 0 bridgehead atoms.